The van der Waals surface area contributed by atoms with Crippen LogP contribution >= 0.6 is 0 Å². The third kappa shape index (κ3) is 5.58. The molecule has 0 spiro atoms. The quantitative estimate of drug-likeness (QED) is 0.335. The van der Waals surface area contributed by atoms with Crippen molar-refractivity contribution in [3.8, 4) is 11.1 Å². The number of aliphatic hydroxyl groups is 2. The molecule has 1 aliphatic rings. The second-order valence-corrected chi connectivity index (χ2v) is 11.8. The Labute approximate surface area is 202 Å². The first-order valence-electron chi connectivity index (χ1n) is 11.1. The number of rotatable bonds is 6. The highest BCUT2D eigenvalue weighted by molar-refractivity contribution is 7.83. The van der Waals surface area contributed by atoms with Gasteiger partial charge in [0, 0.05) is 60.4 Å². The van der Waals surface area contributed by atoms with Gasteiger partial charge >= 0.3 is 6.18 Å². The monoisotopic (exact) mass is 513 g/mol. The van der Waals surface area contributed by atoms with Gasteiger partial charge in [-0.2, -0.15) is 13.2 Å². The van der Waals surface area contributed by atoms with E-state index >= 15 is 4.39 Å². The molecule has 35 heavy (non-hydrogen) atoms. The minimum atomic E-state index is -4.74. The third-order valence-electron chi connectivity index (χ3n) is 5.88. The Bertz CT molecular complexity index is 1270. The average molecular weight is 514 g/mol. The summed E-state index contributed by atoms with van der Waals surface area (Å²) in [5.41, 5.74) is -0.713. The van der Waals surface area contributed by atoms with Crippen molar-refractivity contribution in [3.63, 3.8) is 0 Å². The summed E-state index contributed by atoms with van der Waals surface area (Å²) < 4.78 is 73.1. The molecule has 0 bridgehead atoms. The van der Waals surface area contributed by atoms with E-state index in [0.717, 1.165) is 6.20 Å². The van der Waals surface area contributed by atoms with E-state index in [1.165, 1.54) is 24.3 Å². The largest absolute Gasteiger partial charge is 0.433 e. The first-order valence-corrected chi connectivity index (χ1v) is 12.3. The van der Waals surface area contributed by atoms with Crippen molar-refractivity contribution in [2.24, 2.45) is 5.41 Å². The molecule has 2 heterocycles. The summed E-state index contributed by atoms with van der Waals surface area (Å²) >= 11 is 0. The lowest BCUT2D eigenvalue weighted by Crippen LogP contribution is -2.51. The lowest BCUT2D eigenvalue weighted by Gasteiger charge is -2.38. The second-order valence-electron chi connectivity index (χ2n) is 10.2. The van der Waals surface area contributed by atoms with Gasteiger partial charge in [0.25, 0.3) is 0 Å². The number of fused-ring (bicyclic) bond motifs is 1. The van der Waals surface area contributed by atoms with Gasteiger partial charge < -0.3 is 14.8 Å². The molecule has 6 nitrogen and oxygen atoms in total. The Morgan fingerprint density at radius 2 is 1.89 bits per heavy atom. The molecule has 11 heteroatoms. The average Bonchev–Trinajstić information content (AvgIpc) is 3.03. The first kappa shape index (κ1) is 25.7. The molecule has 1 atom stereocenters. The number of hydrogen-bond acceptors (Lipinski definition) is 4. The van der Waals surface area contributed by atoms with Crippen molar-refractivity contribution in [1.82, 2.24) is 14.3 Å². The number of pyridine rings is 1. The van der Waals surface area contributed by atoms with Crippen molar-refractivity contribution in [2.75, 3.05) is 0 Å². The summed E-state index contributed by atoms with van der Waals surface area (Å²) in [6.45, 7) is 6.64. The number of aromatic nitrogens is 2. The third-order valence-corrected chi connectivity index (χ3v) is 7.25. The molecule has 1 fully saturated rings. The maximum Gasteiger partial charge on any atom is 0.433 e. The SMILES string of the molecule is CC(C)(C)Cn1cc(CNS(=O)C2CC(O)(O)C2)c2cc(F)c(-c3cccnc3C(F)(F)F)cc21. The highest BCUT2D eigenvalue weighted by Gasteiger charge is 2.44. The normalized spacial score (nSPS) is 17.5. The molecule has 3 N–H and O–H groups in total. The van der Waals surface area contributed by atoms with E-state index in [0.29, 0.717) is 23.0 Å². The van der Waals surface area contributed by atoms with Crippen molar-refractivity contribution in [2.45, 2.75) is 63.9 Å². The predicted molar refractivity (Wildman–Crippen MR) is 125 cm³/mol. The lowest BCUT2D eigenvalue weighted by atomic mass is 9.91. The fourth-order valence-corrected chi connectivity index (χ4v) is 5.68. The van der Waals surface area contributed by atoms with Crippen LogP contribution in [0.2, 0.25) is 0 Å². The number of nitrogens with one attached hydrogen (secondary N) is 1. The Hall–Kier alpha value is -2.34. The molecule has 1 unspecified atom stereocenters. The van der Waals surface area contributed by atoms with Gasteiger partial charge in [0.2, 0.25) is 0 Å². The zero-order valence-corrected chi connectivity index (χ0v) is 20.3. The smallest absolute Gasteiger partial charge is 0.366 e. The van der Waals surface area contributed by atoms with Crippen LogP contribution in [0.5, 0.6) is 0 Å². The van der Waals surface area contributed by atoms with Crippen LogP contribution in [0, 0.1) is 11.2 Å². The summed E-state index contributed by atoms with van der Waals surface area (Å²) in [5.74, 6) is -2.62. The highest BCUT2D eigenvalue weighted by atomic mass is 32.2. The van der Waals surface area contributed by atoms with Crippen LogP contribution in [0.1, 0.15) is 44.9 Å². The molecule has 0 saturated heterocycles. The van der Waals surface area contributed by atoms with Crippen LogP contribution in [-0.4, -0.2) is 35.0 Å². The fourth-order valence-electron chi connectivity index (χ4n) is 4.31. The molecular formula is C24H27F4N3O3S. The Kier molecular flexibility index (Phi) is 6.58. The summed E-state index contributed by atoms with van der Waals surface area (Å²) in [5, 5.41) is 19.0. The maximum atomic E-state index is 15.2. The summed E-state index contributed by atoms with van der Waals surface area (Å²) in [6.07, 6.45) is -1.96. The van der Waals surface area contributed by atoms with Gasteiger partial charge in [-0.15, -0.1) is 0 Å². The summed E-state index contributed by atoms with van der Waals surface area (Å²) in [6, 6.07) is 5.14. The van der Waals surface area contributed by atoms with Gasteiger partial charge in [0.05, 0.1) is 16.2 Å². The number of halogens is 4. The number of nitrogens with zero attached hydrogens (tertiary/aromatic N) is 2. The van der Waals surface area contributed by atoms with Crippen LogP contribution in [0.3, 0.4) is 0 Å². The summed E-state index contributed by atoms with van der Waals surface area (Å²) in [7, 11) is -1.54. The van der Waals surface area contributed by atoms with Crippen molar-refractivity contribution in [1.29, 1.82) is 0 Å². The zero-order chi connectivity index (χ0) is 25.8. The molecule has 0 aliphatic heterocycles. The predicted octanol–water partition coefficient (Wildman–Crippen LogP) is 4.50. The van der Waals surface area contributed by atoms with Crippen LogP contribution < -0.4 is 4.72 Å². The molecule has 190 valence electrons. The van der Waals surface area contributed by atoms with E-state index in [1.54, 1.807) is 6.20 Å². The Balaban J connectivity index is 1.74. The van der Waals surface area contributed by atoms with Crippen LogP contribution in [-0.2, 0) is 30.3 Å². The lowest BCUT2D eigenvalue weighted by molar-refractivity contribution is -0.207. The Morgan fingerprint density at radius 1 is 1.20 bits per heavy atom. The molecule has 4 rings (SSSR count). The van der Waals surface area contributed by atoms with E-state index in [2.05, 4.69) is 9.71 Å². The molecule has 3 aromatic rings. The van der Waals surface area contributed by atoms with E-state index in [-0.39, 0.29) is 35.9 Å². The fraction of sp³-hybridized carbons (Fsp3) is 0.458. The second kappa shape index (κ2) is 8.95. The van der Waals surface area contributed by atoms with Gasteiger partial charge in [-0.1, -0.05) is 26.8 Å². The standard InChI is InChI=1S/C24H27F4N3O3S/c1-22(2,3)13-31-12-14(11-30-35(34)15-9-23(32,33)10-15)17-7-19(25)18(8-20(17)31)16-5-4-6-29-21(16)24(26,27)28/h4-8,12,15,30,32-33H,9-11,13H2,1-3H3. The number of alkyl halides is 3. The summed E-state index contributed by atoms with van der Waals surface area (Å²) in [4.78, 5) is 3.45. The van der Waals surface area contributed by atoms with Crippen LogP contribution in [0.4, 0.5) is 17.6 Å². The molecular weight excluding hydrogens is 486 g/mol. The topological polar surface area (TPSA) is 87.4 Å². The first-order chi connectivity index (χ1) is 16.1. The van der Waals surface area contributed by atoms with Gasteiger partial charge in [-0.25, -0.2) is 13.3 Å². The van der Waals surface area contributed by atoms with Gasteiger partial charge in [-0.3, -0.25) is 4.98 Å². The minimum Gasteiger partial charge on any atom is -0.366 e. The van der Waals surface area contributed by atoms with E-state index in [1.807, 2.05) is 25.3 Å². The van der Waals surface area contributed by atoms with Gasteiger partial charge in [0.1, 0.15) is 5.82 Å². The molecule has 0 amide bonds. The number of hydrogen-bond donors (Lipinski definition) is 3. The number of benzene rings is 1. The minimum absolute atomic E-state index is 0.0109. The van der Waals surface area contributed by atoms with E-state index < -0.39 is 39.7 Å². The maximum absolute atomic E-state index is 15.2. The van der Waals surface area contributed by atoms with Crippen molar-refractivity contribution in [3.05, 3.63) is 53.7 Å². The Morgan fingerprint density at radius 3 is 2.49 bits per heavy atom. The van der Waals surface area contributed by atoms with Crippen molar-refractivity contribution < 1.29 is 32.0 Å². The molecule has 1 saturated carbocycles. The molecule has 1 aliphatic carbocycles. The van der Waals surface area contributed by atoms with Crippen LogP contribution in [0.15, 0.2) is 36.7 Å². The van der Waals surface area contributed by atoms with E-state index in [4.69, 9.17) is 0 Å². The van der Waals surface area contributed by atoms with Crippen LogP contribution in [0.25, 0.3) is 22.0 Å². The molecule has 2 aromatic heterocycles. The molecule has 0 radical (unpaired) electrons. The van der Waals surface area contributed by atoms with Gasteiger partial charge in [0.15, 0.2) is 11.5 Å². The van der Waals surface area contributed by atoms with Crippen molar-refractivity contribution >= 4 is 21.9 Å². The molecule has 1 aromatic carbocycles. The van der Waals surface area contributed by atoms with Gasteiger partial charge in [-0.05, 0) is 29.2 Å². The highest BCUT2D eigenvalue weighted by Crippen LogP contribution is 2.39. The zero-order valence-electron chi connectivity index (χ0n) is 19.5. The van der Waals surface area contributed by atoms with E-state index in [9.17, 15) is 27.6 Å².